The van der Waals surface area contributed by atoms with Crippen molar-refractivity contribution in [2.75, 3.05) is 5.32 Å². The lowest BCUT2D eigenvalue weighted by Gasteiger charge is -2.15. The smallest absolute Gasteiger partial charge is 0.293 e. The van der Waals surface area contributed by atoms with E-state index in [0.29, 0.717) is 11.7 Å². The van der Waals surface area contributed by atoms with Crippen LogP contribution in [-0.4, -0.2) is 15.6 Å². The Kier molecular flexibility index (Phi) is 5.89. The van der Waals surface area contributed by atoms with E-state index in [1.54, 1.807) is 17.0 Å². The van der Waals surface area contributed by atoms with Crippen molar-refractivity contribution < 1.29 is 0 Å². The number of hydrogen-bond donors (Lipinski definition) is 1. The summed E-state index contributed by atoms with van der Waals surface area (Å²) in [5.74, 6) is 1.16. The van der Waals surface area contributed by atoms with E-state index < -0.39 is 0 Å². The first-order valence-corrected chi connectivity index (χ1v) is 6.86. The molecule has 1 rings (SSSR count). The van der Waals surface area contributed by atoms with Gasteiger partial charge in [-0.2, -0.15) is 0 Å². The third-order valence-corrected chi connectivity index (χ3v) is 2.94. The molecule has 0 radical (unpaired) electrons. The van der Waals surface area contributed by atoms with E-state index in [1.165, 1.54) is 0 Å². The molecule has 1 unspecified atom stereocenters. The lowest BCUT2D eigenvalue weighted by atomic mass is 10.0. The normalized spacial score (nSPS) is 12.7. The number of aromatic nitrogens is 2. The van der Waals surface area contributed by atoms with Crippen LogP contribution in [0.3, 0.4) is 0 Å². The zero-order valence-corrected chi connectivity index (χ0v) is 11.9. The topological polar surface area (TPSA) is 46.9 Å². The first kappa shape index (κ1) is 14.7. The maximum absolute atomic E-state index is 12.1. The number of hydrogen-bond acceptors (Lipinski definition) is 3. The first-order valence-electron chi connectivity index (χ1n) is 6.86. The summed E-state index contributed by atoms with van der Waals surface area (Å²) in [6.07, 6.45) is 6.60. The molecule has 0 amide bonds. The molecule has 1 aromatic heterocycles. The van der Waals surface area contributed by atoms with Crippen LogP contribution in [0.2, 0.25) is 0 Å². The molecule has 1 heterocycles. The second-order valence-electron chi connectivity index (χ2n) is 5.29. The standard InChI is InChI=1S/C14H25N3O/c1-5-9-17-10-8-15-13(14(17)18)16-12(4)7-6-11(2)3/h8,10-12H,5-7,9H2,1-4H3,(H,15,16). The van der Waals surface area contributed by atoms with Crippen molar-refractivity contribution in [3.63, 3.8) is 0 Å². The van der Waals surface area contributed by atoms with Gasteiger partial charge < -0.3 is 9.88 Å². The van der Waals surface area contributed by atoms with E-state index in [-0.39, 0.29) is 11.6 Å². The summed E-state index contributed by atoms with van der Waals surface area (Å²) >= 11 is 0. The fourth-order valence-corrected chi connectivity index (χ4v) is 1.85. The van der Waals surface area contributed by atoms with Gasteiger partial charge in [0, 0.05) is 25.0 Å². The van der Waals surface area contributed by atoms with Gasteiger partial charge in [-0.1, -0.05) is 20.8 Å². The summed E-state index contributed by atoms with van der Waals surface area (Å²) in [5, 5.41) is 3.22. The zero-order chi connectivity index (χ0) is 13.5. The van der Waals surface area contributed by atoms with E-state index in [4.69, 9.17) is 0 Å². The van der Waals surface area contributed by atoms with Gasteiger partial charge in [-0.25, -0.2) is 4.98 Å². The molecule has 4 nitrogen and oxygen atoms in total. The van der Waals surface area contributed by atoms with E-state index in [1.807, 2.05) is 0 Å². The summed E-state index contributed by atoms with van der Waals surface area (Å²) in [7, 11) is 0. The summed E-state index contributed by atoms with van der Waals surface area (Å²) in [6.45, 7) is 9.33. The van der Waals surface area contributed by atoms with Crippen molar-refractivity contribution in [1.82, 2.24) is 9.55 Å². The SMILES string of the molecule is CCCn1ccnc(NC(C)CCC(C)C)c1=O. The molecule has 4 heteroatoms. The predicted octanol–water partition coefficient (Wildman–Crippen LogP) is 2.89. The highest BCUT2D eigenvalue weighted by atomic mass is 16.1. The highest BCUT2D eigenvalue weighted by molar-refractivity contribution is 5.31. The number of nitrogens with zero attached hydrogens (tertiary/aromatic N) is 2. The highest BCUT2D eigenvalue weighted by Crippen LogP contribution is 2.09. The molecule has 0 bridgehead atoms. The number of nitrogens with one attached hydrogen (secondary N) is 1. The third-order valence-electron chi connectivity index (χ3n) is 2.94. The van der Waals surface area contributed by atoms with E-state index in [2.05, 4.69) is 38.0 Å². The van der Waals surface area contributed by atoms with E-state index in [0.717, 1.165) is 25.8 Å². The molecule has 0 aliphatic heterocycles. The Hall–Kier alpha value is -1.32. The van der Waals surface area contributed by atoms with Crippen molar-refractivity contribution in [2.45, 2.75) is 59.5 Å². The van der Waals surface area contributed by atoms with Crippen molar-refractivity contribution in [1.29, 1.82) is 0 Å². The quantitative estimate of drug-likeness (QED) is 0.810. The number of rotatable bonds is 7. The average molecular weight is 251 g/mol. The fourth-order valence-electron chi connectivity index (χ4n) is 1.85. The number of anilines is 1. The van der Waals surface area contributed by atoms with Crippen LogP contribution in [0.5, 0.6) is 0 Å². The molecule has 1 atom stereocenters. The van der Waals surface area contributed by atoms with Gasteiger partial charge in [0.2, 0.25) is 0 Å². The van der Waals surface area contributed by atoms with Crippen LogP contribution in [0, 0.1) is 5.92 Å². The molecule has 102 valence electrons. The van der Waals surface area contributed by atoms with E-state index in [9.17, 15) is 4.79 Å². The van der Waals surface area contributed by atoms with Gasteiger partial charge in [0.15, 0.2) is 5.82 Å². The molecule has 0 saturated carbocycles. The van der Waals surface area contributed by atoms with Crippen molar-refractivity contribution in [2.24, 2.45) is 5.92 Å². The van der Waals surface area contributed by atoms with Crippen LogP contribution in [-0.2, 0) is 6.54 Å². The summed E-state index contributed by atoms with van der Waals surface area (Å²) in [4.78, 5) is 16.2. The minimum absolute atomic E-state index is 0.0178. The number of aryl methyl sites for hydroxylation is 1. The van der Waals surface area contributed by atoms with Crippen molar-refractivity contribution in [3.05, 3.63) is 22.7 Å². The Bertz CT molecular complexity index is 412. The van der Waals surface area contributed by atoms with Crippen LogP contribution in [0.1, 0.15) is 47.0 Å². The Morgan fingerprint density at radius 3 is 2.67 bits per heavy atom. The fraction of sp³-hybridized carbons (Fsp3) is 0.714. The van der Waals surface area contributed by atoms with Crippen molar-refractivity contribution >= 4 is 5.82 Å². The van der Waals surface area contributed by atoms with Crippen LogP contribution in [0.15, 0.2) is 17.2 Å². The van der Waals surface area contributed by atoms with E-state index >= 15 is 0 Å². The minimum Gasteiger partial charge on any atom is -0.363 e. The largest absolute Gasteiger partial charge is 0.363 e. The second kappa shape index (κ2) is 7.19. The maximum Gasteiger partial charge on any atom is 0.293 e. The molecular weight excluding hydrogens is 226 g/mol. The third kappa shape index (κ3) is 4.51. The predicted molar refractivity (Wildman–Crippen MR) is 75.9 cm³/mol. The van der Waals surface area contributed by atoms with Gasteiger partial charge in [0.1, 0.15) is 0 Å². The molecule has 1 N–H and O–H groups in total. The second-order valence-corrected chi connectivity index (χ2v) is 5.29. The lowest BCUT2D eigenvalue weighted by molar-refractivity contribution is 0.526. The summed E-state index contributed by atoms with van der Waals surface area (Å²) in [5.41, 5.74) is -0.0178. The van der Waals surface area contributed by atoms with Gasteiger partial charge in [0.05, 0.1) is 0 Å². The van der Waals surface area contributed by atoms with Gasteiger partial charge in [0.25, 0.3) is 5.56 Å². The molecule has 0 fully saturated rings. The Morgan fingerprint density at radius 1 is 1.33 bits per heavy atom. The molecule has 0 saturated heterocycles. The molecule has 0 aliphatic rings. The Labute approximate surface area is 109 Å². The van der Waals surface area contributed by atoms with Crippen molar-refractivity contribution in [3.8, 4) is 0 Å². The molecule has 0 aliphatic carbocycles. The van der Waals surface area contributed by atoms with Gasteiger partial charge in [-0.3, -0.25) is 4.79 Å². The van der Waals surface area contributed by atoms with Gasteiger partial charge in [-0.05, 0) is 32.1 Å². The first-order chi connectivity index (χ1) is 8.54. The summed E-state index contributed by atoms with van der Waals surface area (Å²) in [6, 6.07) is 0.282. The minimum atomic E-state index is -0.0178. The molecule has 0 spiro atoms. The Balaban J connectivity index is 2.66. The Morgan fingerprint density at radius 2 is 2.06 bits per heavy atom. The molecule has 1 aromatic rings. The van der Waals surface area contributed by atoms with Gasteiger partial charge >= 0.3 is 0 Å². The maximum atomic E-state index is 12.1. The van der Waals surface area contributed by atoms with Crippen LogP contribution in [0.25, 0.3) is 0 Å². The van der Waals surface area contributed by atoms with Gasteiger partial charge in [-0.15, -0.1) is 0 Å². The zero-order valence-electron chi connectivity index (χ0n) is 11.9. The van der Waals surface area contributed by atoms with Crippen LogP contribution in [0.4, 0.5) is 5.82 Å². The lowest BCUT2D eigenvalue weighted by Crippen LogP contribution is -2.28. The summed E-state index contributed by atoms with van der Waals surface area (Å²) < 4.78 is 1.71. The highest BCUT2D eigenvalue weighted by Gasteiger charge is 2.08. The molecule has 18 heavy (non-hydrogen) atoms. The monoisotopic (exact) mass is 251 g/mol. The molecular formula is C14H25N3O. The molecule has 0 aromatic carbocycles. The van der Waals surface area contributed by atoms with Crippen LogP contribution < -0.4 is 10.9 Å². The average Bonchev–Trinajstić information content (AvgIpc) is 2.32. The van der Waals surface area contributed by atoms with Crippen LogP contribution >= 0.6 is 0 Å².